The van der Waals surface area contributed by atoms with E-state index in [0.29, 0.717) is 21.1 Å². The van der Waals surface area contributed by atoms with E-state index in [9.17, 15) is 31.2 Å². The second-order valence-corrected chi connectivity index (χ2v) is 10.5. The van der Waals surface area contributed by atoms with Gasteiger partial charge in [-0.3, -0.25) is 10.2 Å². The number of rotatable bonds is 9. The Hall–Kier alpha value is -2.19. The van der Waals surface area contributed by atoms with Crippen LogP contribution in [0.25, 0.3) is 0 Å². The second-order valence-electron chi connectivity index (χ2n) is 7.36. The Balaban J connectivity index is 2.30. The minimum absolute atomic E-state index is 0.0343. The van der Waals surface area contributed by atoms with E-state index in [1.54, 1.807) is 32.3 Å². The summed E-state index contributed by atoms with van der Waals surface area (Å²) < 4.78 is 69.6. The molecular formula is C22H24F3IN2O5S. The summed E-state index contributed by atoms with van der Waals surface area (Å²) in [5, 5.41) is 0. The highest BCUT2D eigenvalue weighted by molar-refractivity contribution is 14.1. The third-order valence-corrected chi connectivity index (χ3v) is 7.28. The first-order chi connectivity index (χ1) is 15.8. The summed E-state index contributed by atoms with van der Waals surface area (Å²) in [6.45, 7) is 5.07. The second kappa shape index (κ2) is 11.5. The monoisotopic (exact) mass is 612 g/mol. The molecule has 0 aliphatic rings. The number of ether oxygens (including phenoxy) is 1. The van der Waals surface area contributed by atoms with Crippen molar-refractivity contribution in [3.63, 3.8) is 0 Å². The Morgan fingerprint density at radius 1 is 1.12 bits per heavy atom. The molecule has 34 heavy (non-hydrogen) atoms. The molecule has 0 aliphatic heterocycles. The first kappa shape index (κ1) is 28.1. The van der Waals surface area contributed by atoms with Crippen LogP contribution in [0.15, 0.2) is 46.2 Å². The Labute approximate surface area is 209 Å². The Bertz CT molecular complexity index is 1150. The molecule has 0 aromatic heterocycles. The number of nitrogens with one attached hydrogen (secondary N) is 2. The summed E-state index contributed by atoms with van der Waals surface area (Å²) in [5.41, 5.74) is 4.94. The van der Waals surface area contributed by atoms with Crippen LogP contribution in [0, 0.1) is 3.57 Å². The van der Waals surface area contributed by atoms with Gasteiger partial charge in [0.15, 0.2) is 0 Å². The van der Waals surface area contributed by atoms with Gasteiger partial charge in [0.25, 0.3) is 0 Å². The molecule has 0 saturated heterocycles. The number of hydrazine groups is 1. The number of aryl methyl sites for hydroxylation is 1. The summed E-state index contributed by atoms with van der Waals surface area (Å²) >= 11 is 2.01. The van der Waals surface area contributed by atoms with Gasteiger partial charge in [-0.15, -0.1) is 0 Å². The van der Waals surface area contributed by atoms with Crippen molar-refractivity contribution in [3.05, 3.63) is 56.7 Å². The molecule has 0 spiro atoms. The average molecular weight is 612 g/mol. The third-order valence-electron chi connectivity index (χ3n) is 4.74. The van der Waals surface area contributed by atoms with E-state index in [4.69, 9.17) is 4.74 Å². The van der Waals surface area contributed by atoms with E-state index in [1.807, 2.05) is 22.6 Å². The van der Waals surface area contributed by atoms with Crippen molar-refractivity contribution < 1.29 is 35.9 Å². The van der Waals surface area contributed by atoms with Crippen LogP contribution >= 0.6 is 22.6 Å². The quantitative estimate of drug-likeness (QED) is 0.253. The van der Waals surface area contributed by atoms with Gasteiger partial charge in [-0.25, -0.2) is 18.6 Å². The maximum atomic E-state index is 13.5. The zero-order chi connectivity index (χ0) is 25.7. The van der Waals surface area contributed by atoms with Crippen LogP contribution in [0.3, 0.4) is 0 Å². The van der Waals surface area contributed by atoms with E-state index < -0.39 is 33.9 Å². The number of sulfone groups is 1. The van der Waals surface area contributed by atoms with Gasteiger partial charge in [0.2, 0.25) is 9.84 Å². The average Bonchev–Trinajstić information content (AvgIpc) is 2.76. The molecule has 1 atom stereocenters. The number of carbonyl (C=O) groups is 2. The largest absolute Gasteiger partial charge is 0.472 e. The molecule has 0 unspecified atom stereocenters. The van der Waals surface area contributed by atoms with Gasteiger partial charge in [0, 0.05) is 9.61 Å². The lowest BCUT2D eigenvalue weighted by atomic mass is 10.1. The predicted octanol–water partition coefficient (Wildman–Crippen LogP) is 3.98. The van der Waals surface area contributed by atoms with Crippen LogP contribution in [0.5, 0.6) is 0 Å². The van der Waals surface area contributed by atoms with Crippen LogP contribution in [-0.4, -0.2) is 39.1 Å². The van der Waals surface area contributed by atoms with Crippen molar-refractivity contribution >= 4 is 44.3 Å². The van der Waals surface area contributed by atoms with Crippen molar-refractivity contribution in [1.29, 1.82) is 0 Å². The van der Waals surface area contributed by atoms with Gasteiger partial charge in [0.05, 0.1) is 22.0 Å². The van der Waals surface area contributed by atoms with Crippen molar-refractivity contribution in [3.8, 4) is 0 Å². The fourth-order valence-electron chi connectivity index (χ4n) is 3.18. The summed E-state index contributed by atoms with van der Waals surface area (Å²) in [7, 11) is -4.08. The summed E-state index contributed by atoms with van der Waals surface area (Å²) in [5.74, 6) is -2.84. The van der Waals surface area contributed by atoms with Crippen molar-refractivity contribution in [1.82, 2.24) is 10.9 Å². The number of amides is 1. The van der Waals surface area contributed by atoms with Gasteiger partial charge in [-0.2, -0.15) is 13.2 Å². The van der Waals surface area contributed by atoms with Crippen molar-refractivity contribution in [2.75, 3.05) is 6.61 Å². The van der Waals surface area contributed by atoms with Crippen molar-refractivity contribution in [2.45, 2.75) is 55.6 Å². The van der Waals surface area contributed by atoms with Crippen LogP contribution in [-0.2, 0) is 32.2 Å². The van der Waals surface area contributed by atoms with E-state index in [1.165, 1.54) is 30.3 Å². The zero-order valence-electron chi connectivity index (χ0n) is 18.6. The van der Waals surface area contributed by atoms with E-state index >= 15 is 0 Å². The van der Waals surface area contributed by atoms with Crippen LogP contribution in [0.1, 0.15) is 42.3 Å². The molecule has 0 aliphatic carbocycles. The topological polar surface area (TPSA) is 102 Å². The molecule has 12 heteroatoms. The number of benzene rings is 2. The highest BCUT2D eigenvalue weighted by Gasteiger charge is 2.38. The molecule has 0 heterocycles. The minimum atomic E-state index is -5.00. The van der Waals surface area contributed by atoms with Crippen molar-refractivity contribution in [2.24, 2.45) is 0 Å². The number of carbonyl (C=O) groups excluding carboxylic acids is 2. The number of hydrogen-bond acceptors (Lipinski definition) is 6. The normalized spacial score (nSPS) is 12.8. The number of halogens is 4. The summed E-state index contributed by atoms with van der Waals surface area (Å²) in [6, 6.07) is 8.41. The fraction of sp³-hybridized carbons (Fsp3) is 0.364. The molecule has 186 valence electrons. The molecule has 2 aromatic rings. The molecule has 2 rings (SSSR count). The van der Waals surface area contributed by atoms with Gasteiger partial charge in [0.1, 0.15) is 0 Å². The highest BCUT2D eigenvalue weighted by atomic mass is 127. The smallest absolute Gasteiger partial charge is 0.462 e. The van der Waals surface area contributed by atoms with Crippen LogP contribution in [0.4, 0.5) is 13.2 Å². The van der Waals surface area contributed by atoms with Gasteiger partial charge < -0.3 is 4.74 Å². The lowest BCUT2D eigenvalue weighted by Gasteiger charge is -2.17. The van der Waals surface area contributed by atoms with E-state index in [2.05, 4.69) is 5.43 Å². The van der Waals surface area contributed by atoms with Gasteiger partial charge in [-0.05, 0) is 84.7 Å². The molecule has 1 amide bonds. The molecule has 0 saturated carbocycles. The molecule has 0 radical (unpaired) electrons. The first-order valence-electron chi connectivity index (χ1n) is 10.3. The Morgan fingerprint density at radius 2 is 1.74 bits per heavy atom. The lowest BCUT2D eigenvalue weighted by molar-refractivity contribution is -0.174. The Morgan fingerprint density at radius 3 is 2.26 bits per heavy atom. The lowest BCUT2D eigenvalue weighted by Crippen LogP contribution is -2.49. The minimum Gasteiger partial charge on any atom is -0.462 e. The summed E-state index contributed by atoms with van der Waals surface area (Å²) in [4.78, 5) is 23.3. The van der Waals surface area contributed by atoms with E-state index in [-0.39, 0.29) is 28.4 Å². The molecule has 7 nitrogen and oxygen atoms in total. The van der Waals surface area contributed by atoms with E-state index in [0.717, 1.165) is 0 Å². The zero-order valence-corrected chi connectivity index (χ0v) is 21.6. The number of alkyl halides is 3. The van der Waals surface area contributed by atoms with Crippen LogP contribution < -0.4 is 10.9 Å². The number of hydrogen-bond donors (Lipinski definition) is 2. The maximum absolute atomic E-state index is 13.5. The fourth-order valence-corrected chi connectivity index (χ4v) is 5.57. The highest BCUT2D eigenvalue weighted by Crippen LogP contribution is 2.31. The Kier molecular flexibility index (Phi) is 9.48. The van der Waals surface area contributed by atoms with Gasteiger partial charge in [-0.1, -0.05) is 19.1 Å². The molecule has 2 aromatic carbocycles. The maximum Gasteiger partial charge on any atom is 0.472 e. The van der Waals surface area contributed by atoms with Crippen LogP contribution in [0.2, 0.25) is 0 Å². The number of esters is 1. The van der Waals surface area contributed by atoms with Gasteiger partial charge >= 0.3 is 18.1 Å². The predicted molar refractivity (Wildman–Crippen MR) is 127 cm³/mol. The SMILES string of the molecule is CCOC(=O)c1cc(I)cc(CC)c1S(=O)(=O)c1ccc(C[C@@H](C)NNC(=O)C(F)(F)F)cc1. The third kappa shape index (κ3) is 6.92. The summed E-state index contributed by atoms with van der Waals surface area (Å²) in [6.07, 6.45) is -4.41. The molecular weight excluding hydrogens is 588 g/mol. The first-order valence-corrected chi connectivity index (χ1v) is 12.8. The standard InChI is InChI=1S/C22H24F3IN2O5S/c1-4-15-11-16(26)12-18(20(29)33-5-2)19(15)34(31,32)17-8-6-14(7-9-17)10-13(3)27-28-21(30)22(23,24)25/h6-9,11-13,27H,4-5,10H2,1-3H3,(H,28,30)/t13-/m1/s1. The molecule has 0 bridgehead atoms. The molecule has 0 fully saturated rings. The molecule has 2 N–H and O–H groups in total.